The molecule has 2 aliphatic heterocycles. The number of benzene rings is 1. The lowest BCUT2D eigenvalue weighted by molar-refractivity contribution is 0.367. The fourth-order valence-electron chi connectivity index (χ4n) is 4.76. The van der Waals surface area contributed by atoms with Crippen molar-refractivity contribution in [2.75, 3.05) is 6.54 Å². The summed E-state index contributed by atoms with van der Waals surface area (Å²) in [6, 6.07) is 7.97. The van der Waals surface area contributed by atoms with E-state index in [0.717, 1.165) is 61.3 Å². The number of rotatable bonds is 4. The number of nitrogens with zero attached hydrogens (tertiary/aromatic N) is 5. The summed E-state index contributed by atoms with van der Waals surface area (Å²) in [6.45, 7) is 5.60. The summed E-state index contributed by atoms with van der Waals surface area (Å²) in [4.78, 5) is 9.37. The van der Waals surface area contributed by atoms with Crippen molar-refractivity contribution in [3.8, 4) is 0 Å². The van der Waals surface area contributed by atoms with E-state index in [1.165, 1.54) is 0 Å². The van der Waals surface area contributed by atoms with Crippen LogP contribution < -0.4 is 0 Å². The lowest BCUT2D eigenvalue weighted by Gasteiger charge is -2.24. The summed E-state index contributed by atoms with van der Waals surface area (Å²) >= 11 is 0. The molecule has 0 spiro atoms. The first-order valence-corrected chi connectivity index (χ1v) is 12.0. The van der Waals surface area contributed by atoms with Gasteiger partial charge in [0.1, 0.15) is 11.6 Å². The normalized spacial score (nSPS) is 20.6. The van der Waals surface area contributed by atoms with Gasteiger partial charge < -0.3 is 9.13 Å². The maximum absolute atomic E-state index is 13.5. The van der Waals surface area contributed by atoms with Crippen LogP contribution in [0.2, 0.25) is 0 Å². The topological polar surface area (TPSA) is 73.0 Å². The lowest BCUT2D eigenvalue weighted by atomic mass is 10.2. The Hall–Kier alpha value is -2.19. The van der Waals surface area contributed by atoms with Crippen molar-refractivity contribution in [1.82, 2.24) is 23.4 Å². The zero-order valence-corrected chi connectivity index (χ0v) is 17.8. The summed E-state index contributed by atoms with van der Waals surface area (Å²) in [5, 5.41) is 0.188. The van der Waals surface area contributed by atoms with E-state index in [1.807, 2.05) is 22.8 Å². The average Bonchev–Trinajstić information content (AvgIpc) is 3.42. The minimum atomic E-state index is -3.66. The Morgan fingerprint density at radius 2 is 1.90 bits per heavy atom. The molecule has 2 aromatic heterocycles. The third-order valence-electron chi connectivity index (χ3n) is 6.10. The number of sulfonamides is 1. The van der Waals surface area contributed by atoms with Crippen molar-refractivity contribution in [2.45, 2.75) is 69.6 Å². The molecule has 1 fully saturated rings. The van der Waals surface area contributed by atoms with Gasteiger partial charge in [0.05, 0.1) is 17.1 Å². The molecule has 1 aromatic carbocycles. The highest BCUT2D eigenvalue weighted by Gasteiger charge is 2.40. The van der Waals surface area contributed by atoms with Crippen LogP contribution in [-0.2, 0) is 23.0 Å². The third-order valence-corrected chi connectivity index (χ3v) is 7.88. The molecule has 29 heavy (non-hydrogen) atoms. The Labute approximate surface area is 171 Å². The molecule has 4 heterocycles. The predicted octanol–water partition coefficient (Wildman–Crippen LogP) is 3.68. The van der Waals surface area contributed by atoms with Gasteiger partial charge in [-0.2, -0.15) is 4.31 Å². The van der Waals surface area contributed by atoms with Crippen molar-refractivity contribution < 1.29 is 8.42 Å². The Balaban J connectivity index is 1.58. The van der Waals surface area contributed by atoms with Gasteiger partial charge in [-0.1, -0.05) is 12.1 Å². The first-order chi connectivity index (χ1) is 14.0. The number of para-hydroxylation sites is 2. The minimum Gasteiger partial charge on any atom is -0.333 e. The number of aryl methyl sites for hydroxylation is 2. The molecule has 2 aliphatic rings. The fraction of sp³-hybridized carbons (Fsp3) is 0.524. The molecule has 0 saturated carbocycles. The molecule has 3 aromatic rings. The Morgan fingerprint density at radius 3 is 2.69 bits per heavy atom. The Bertz CT molecular complexity index is 1140. The summed E-state index contributed by atoms with van der Waals surface area (Å²) in [5.74, 6) is 1.73. The molecule has 0 radical (unpaired) electrons. The van der Waals surface area contributed by atoms with Crippen LogP contribution in [0.15, 0.2) is 35.5 Å². The molecular formula is C21H27N5O2S. The van der Waals surface area contributed by atoms with Crippen LogP contribution in [0.1, 0.15) is 63.3 Å². The van der Waals surface area contributed by atoms with E-state index in [0.29, 0.717) is 6.54 Å². The number of imidazole rings is 2. The molecule has 8 heteroatoms. The molecule has 1 saturated heterocycles. The van der Waals surface area contributed by atoms with Gasteiger partial charge in [-0.05, 0) is 51.7 Å². The van der Waals surface area contributed by atoms with E-state index < -0.39 is 10.0 Å². The van der Waals surface area contributed by atoms with Crippen LogP contribution in [0.25, 0.3) is 11.0 Å². The Kier molecular flexibility index (Phi) is 4.51. The number of aromatic nitrogens is 4. The van der Waals surface area contributed by atoms with Crippen molar-refractivity contribution in [3.63, 3.8) is 0 Å². The number of hydrogen-bond donors (Lipinski definition) is 0. The number of hydrogen-bond acceptors (Lipinski definition) is 4. The van der Waals surface area contributed by atoms with Crippen LogP contribution in [0.4, 0.5) is 0 Å². The highest BCUT2D eigenvalue weighted by atomic mass is 32.2. The van der Waals surface area contributed by atoms with Crippen LogP contribution in [0, 0.1) is 0 Å². The average molecular weight is 414 g/mol. The molecular weight excluding hydrogens is 386 g/mol. The summed E-state index contributed by atoms with van der Waals surface area (Å²) < 4.78 is 32.9. The van der Waals surface area contributed by atoms with Gasteiger partial charge in [-0.25, -0.2) is 18.4 Å². The fourth-order valence-corrected chi connectivity index (χ4v) is 6.38. The van der Waals surface area contributed by atoms with Crippen molar-refractivity contribution in [3.05, 3.63) is 42.1 Å². The summed E-state index contributed by atoms with van der Waals surface area (Å²) in [5.41, 5.74) is 1.97. The smallest absolute Gasteiger partial charge is 0.262 e. The van der Waals surface area contributed by atoms with Gasteiger partial charge in [0.15, 0.2) is 5.03 Å². The predicted molar refractivity (Wildman–Crippen MR) is 111 cm³/mol. The minimum absolute atomic E-state index is 0.188. The van der Waals surface area contributed by atoms with E-state index in [2.05, 4.69) is 29.5 Å². The molecule has 0 bridgehead atoms. The van der Waals surface area contributed by atoms with Gasteiger partial charge in [-0.3, -0.25) is 0 Å². The first kappa shape index (κ1) is 18.8. The van der Waals surface area contributed by atoms with Crippen LogP contribution in [0.3, 0.4) is 0 Å². The molecule has 0 aliphatic carbocycles. The lowest BCUT2D eigenvalue weighted by Crippen LogP contribution is -2.32. The van der Waals surface area contributed by atoms with Crippen molar-refractivity contribution in [1.29, 1.82) is 0 Å². The van der Waals surface area contributed by atoms with Gasteiger partial charge >= 0.3 is 0 Å². The second-order valence-electron chi connectivity index (χ2n) is 8.34. The SMILES string of the molecule is CC(C)n1c(C2CCCN2S(=O)(=O)c2cn3c(n2)CCCC3)nc2ccccc21. The van der Waals surface area contributed by atoms with Crippen LogP contribution in [-0.4, -0.2) is 38.4 Å². The second kappa shape index (κ2) is 6.95. The molecule has 0 N–H and O–H groups in total. The van der Waals surface area contributed by atoms with Crippen LogP contribution >= 0.6 is 0 Å². The van der Waals surface area contributed by atoms with Gasteiger partial charge in [0.2, 0.25) is 0 Å². The first-order valence-electron chi connectivity index (χ1n) is 10.5. The maximum atomic E-state index is 13.5. The van der Waals surface area contributed by atoms with E-state index >= 15 is 0 Å². The van der Waals surface area contributed by atoms with Crippen LogP contribution in [0.5, 0.6) is 0 Å². The van der Waals surface area contributed by atoms with Crippen molar-refractivity contribution >= 4 is 21.1 Å². The van der Waals surface area contributed by atoms with Gasteiger partial charge in [0.25, 0.3) is 10.0 Å². The summed E-state index contributed by atoms with van der Waals surface area (Å²) in [7, 11) is -3.66. The monoisotopic (exact) mass is 413 g/mol. The zero-order valence-electron chi connectivity index (χ0n) is 17.0. The van der Waals surface area contributed by atoms with E-state index in [4.69, 9.17) is 4.98 Å². The zero-order chi connectivity index (χ0) is 20.2. The quantitative estimate of drug-likeness (QED) is 0.654. The molecule has 1 unspecified atom stereocenters. The Morgan fingerprint density at radius 1 is 1.07 bits per heavy atom. The molecule has 154 valence electrons. The largest absolute Gasteiger partial charge is 0.333 e. The van der Waals surface area contributed by atoms with E-state index in [1.54, 1.807) is 10.5 Å². The van der Waals surface area contributed by atoms with Gasteiger partial charge in [-0.15, -0.1) is 0 Å². The highest BCUT2D eigenvalue weighted by Crippen LogP contribution is 2.38. The number of fused-ring (bicyclic) bond motifs is 2. The molecule has 7 nitrogen and oxygen atoms in total. The van der Waals surface area contributed by atoms with Gasteiger partial charge in [0, 0.05) is 31.7 Å². The maximum Gasteiger partial charge on any atom is 0.262 e. The molecule has 0 amide bonds. The summed E-state index contributed by atoms with van der Waals surface area (Å²) in [6.07, 6.45) is 6.34. The highest BCUT2D eigenvalue weighted by molar-refractivity contribution is 7.89. The standard InChI is InChI=1S/C21H27N5O2S/c1-15(2)26-17-9-4-3-8-16(17)22-21(26)18-10-7-13-25(18)29(27,28)20-14-24-12-6-5-11-19(24)23-20/h3-4,8-9,14-15,18H,5-7,10-13H2,1-2H3. The van der Waals surface area contributed by atoms with Crippen molar-refractivity contribution in [2.24, 2.45) is 0 Å². The third kappa shape index (κ3) is 3.00. The molecule has 5 rings (SSSR count). The molecule has 1 atom stereocenters. The van der Waals surface area contributed by atoms with E-state index in [9.17, 15) is 8.42 Å². The second-order valence-corrected chi connectivity index (χ2v) is 10.2. The van der Waals surface area contributed by atoms with E-state index in [-0.39, 0.29) is 17.1 Å².